The highest BCUT2D eigenvalue weighted by Gasteiger charge is 2.18. The number of carbonyl (C=O) groups excluding carboxylic acids is 1. The molecule has 0 radical (unpaired) electrons. The molecule has 0 saturated carbocycles. The molecule has 0 fully saturated rings. The predicted molar refractivity (Wildman–Crippen MR) is 70.2 cm³/mol. The molecule has 0 unspecified atom stereocenters. The Balaban J connectivity index is 4.48. The minimum Gasteiger partial charge on any atom is -0.545 e. The number of hydrogen-bond acceptors (Lipinski definition) is 4. The third-order valence-corrected chi connectivity index (χ3v) is 2.36. The molecule has 0 aromatic carbocycles. The summed E-state index contributed by atoms with van der Waals surface area (Å²) in [6.45, 7) is 12.5. The molecule has 4 nitrogen and oxygen atoms in total. The molecule has 0 spiro atoms. The van der Waals surface area contributed by atoms with Crippen LogP contribution in [0.3, 0.4) is 0 Å². The van der Waals surface area contributed by atoms with Gasteiger partial charge in [0.25, 0.3) is 0 Å². The zero-order valence-electron chi connectivity index (χ0n) is 11.1. The van der Waals surface area contributed by atoms with Crippen LogP contribution in [0.2, 0.25) is 19.6 Å². The maximum atomic E-state index is 11.3. The van der Waals surface area contributed by atoms with Gasteiger partial charge in [0.05, 0.1) is 19.3 Å². The lowest BCUT2D eigenvalue weighted by atomic mass is 10.4. The van der Waals surface area contributed by atoms with Gasteiger partial charge in [0, 0.05) is 0 Å². The molecule has 0 aliphatic heterocycles. The average molecular weight is 258 g/mol. The maximum Gasteiger partial charge on any atom is 0.334 e. The summed E-state index contributed by atoms with van der Waals surface area (Å²) in [6, 6.07) is 0. The minimum atomic E-state index is -1.75. The van der Waals surface area contributed by atoms with E-state index in [1.807, 2.05) is 19.6 Å². The largest absolute Gasteiger partial charge is 0.545 e. The molecule has 0 aliphatic carbocycles. The summed E-state index contributed by atoms with van der Waals surface area (Å²) in [6.07, 6.45) is 3.00. The van der Waals surface area contributed by atoms with Crippen molar-refractivity contribution < 1.29 is 18.7 Å². The first kappa shape index (κ1) is 15.9. The molecule has 0 aromatic heterocycles. The number of rotatable bonds is 8. The van der Waals surface area contributed by atoms with Crippen LogP contribution in [0.5, 0.6) is 0 Å². The molecule has 0 rings (SSSR count). The fraction of sp³-hybridized carbons (Fsp3) is 0.583. The van der Waals surface area contributed by atoms with Crippen molar-refractivity contribution in [1.82, 2.24) is 0 Å². The first-order chi connectivity index (χ1) is 7.89. The van der Waals surface area contributed by atoms with Crippen molar-refractivity contribution in [2.75, 3.05) is 19.8 Å². The van der Waals surface area contributed by atoms with E-state index in [1.165, 1.54) is 6.08 Å². The van der Waals surface area contributed by atoms with Crippen LogP contribution in [0, 0.1) is 0 Å². The summed E-state index contributed by atoms with van der Waals surface area (Å²) in [5, 5.41) is 0. The fourth-order valence-electron chi connectivity index (χ4n) is 1.05. The second-order valence-electron chi connectivity index (χ2n) is 4.38. The zero-order valence-corrected chi connectivity index (χ0v) is 12.1. The van der Waals surface area contributed by atoms with Crippen LogP contribution in [-0.4, -0.2) is 34.1 Å². The van der Waals surface area contributed by atoms with Gasteiger partial charge in [0.1, 0.15) is 12.4 Å². The molecule has 0 N–H and O–H groups in total. The van der Waals surface area contributed by atoms with E-state index in [4.69, 9.17) is 13.9 Å². The van der Waals surface area contributed by atoms with Gasteiger partial charge in [-0.25, -0.2) is 4.79 Å². The second-order valence-corrected chi connectivity index (χ2v) is 8.81. The molecule has 0 aliphatic rings. The van der Waals surface area contributed by atoms with Crippen molar-refractivity contribution in [2.24, 2.45) is 0 Å². The van der Waals surface area contributed by atoms with Crippen LogP contribution in [0.4, 0.5) is 0 Å². The van der Waals surface area contributed by atoms with E-state index in [2.05, 4.69) is 6.58 Å². The lowest BCUT2D eigenvalue weighted by Gasteiger charge is -2.21. The Morgan fingerprint density at radius 1 is 1.35 bits per heavy atom. The summed E-state index contributed by atoms with van der Waals surface area (Å²) in [5.74, 6) is 0.118. The molecule has 0 bridgehead atoms. The highest BCUT2D eigenvalue weighted by atomic mass is 28.4. The highest BCUT2D eigenvalue weighted by Crippen LogP contribution is 2.11. The van der Waals surface area contributed by atoms with Crippen molar-refractivity contribution >= 4 is 14.3 Å². The van der Waals surface area contributed by atoms with E-state index < -0.39 is 14.3 Å². The SMILES string of the molecule is C=CCOC/C(=C\C(=O)OCC)O[Si](C)(C)C. The summed E-state index contributed by atoms with van der Waals surface area (Å²) >= 11 is 0. The quantitative estimate of drug-likeness (QED) is 0.168. The van der Waals surface area contributed by atoms with E-state index in [0.717, 1.165) is 0 Å². The normalized spacial score (nSPS) is 12.1. The van der Waals surface area contributed by atoms with Crippen molar-refractivity contribution in [3.8, 4) is 0 Å². The second kappa shape index (κ2) is 8.08. The molecule has 0 heterocycles. The number of esters is 1. The van der Waals surface area contributed by atoms with Gasteiger partial charge in [-0.3, -0.25) is 0 Å². The standard InChI is InChI=1S/C12H22O4Si/c1-6-8-14-10-11(16-17(3,4)5)9-12(13)15-7-2/h6,9H,1,7-8,10H2,2-5H3/b11-9+. The van der Waals surface area contributed by atoms with Crippen molar-refractivity contribution in [3.05, 3.63) is 24.5 Å². The molecular formula is C12H22O4Si. The Hall–Kier alpha value is -1.07. The van der Waals surface area contributed by atoms with E-state index in [1.54, 1.807) is 13.0 Å². The summed E-state index contributed by atoms with van der Waals surface area (Å²) < 4.78 is 15.9. The first-order valence-corrected chi connectivity index (χ1v) is 9.05. The van der Waals surface area contributed by atoms with E-state index in [0.29, 0.717) is 19.0 Å². The van der Waals surface area contributed by atoms with Crippen molar-refractivity contribution in [1.29, 1.82) is 0 Å². The van der Waals surface area contributed by atoms with Gasteiger partial charge in [0.15, 0.2) is 0 Å². The Bertz CT molecular complexity index is 279. The van der Waals surface area contributed by atoms with Gasteiger partial charge in [-0.1, -0.05) is 6.08 Å². The van der Waals surface area contributed by atoms with Crippen LogP contribution in [0.1, 0.15) is 6.92 Å². The molecular weight excluding hydrogens is 236 g/mol. The third kappa shape index (κ3) is 9.83. The summed E-state index contributed by atoms with van der Waals surface area (Å²) in [5.41, 5.74) is 0. The monoisotopic (exact) mass is 258 g/mol. The number of hydrogen-bond donors (Lipinski definition) is 0. The molecule has 0 amide bonds. The number of carbonyl (C=O) groups is 1. The molecule has 0 saturated heterocycles. The fourth-order valence-corrected chi connectivity index (χ4v) is 1.96. The van der Waals surface area contributed by atoms with Gasteiger partial charge in [-0.2, -0.15) is 0 Å². The van der Waals surface area contributed by atoms with E-state index >= 15 is 0 Å². The first-order valence-electron chi connectivity index (χ1n) is 5.64. The van der Waals surface area contributed by atoms with Gasteiger partial charge in [-0.05, 0) is 26.6 Å². The summed E-state index contributed by atoms with van der Waals surface area (Å²) in [7, 11) is -1.75. The lowest BCUT2D eigenvalue weighted by Crippen LogP contribution is -2.26. The minimum absolute atomic E-state index is 0.259. The van der Waals surface area contributed by atoms with E-state index in [9.17, 15) is 4.79 Å². The topological polar surface area (TPSA) is 44.8 Å². The zero-order chi connectivity index (χ0) is 13.3. The summed E-state index contributed by atoms with van der Waals surface area (Å²) in [4.78, 5) is 11.3. The van der Waals surface area contributed by atoms with Crippen molar-refractivity contribution in [3.63, 3.8) is 0 Å². The Morgan fingerprint density at radius 3 is 2.47 bits per heavy atom. The molecule has 0 aromatic rings. The Morgan fingerprint density at radius 2 is 2.00 bits per heavy atom. The van der Waals surface area contributed by atoms with Gasteiger partial charge in [0.2, 0.25) is 8.32 Å². The smallest absolute Gasteiger partial charge is 0.334 e. The van der Waals surface area contributed by atoms with Gasteiger partial charge in [-0.15, -0.1) is 6.58 Å². The van der Waals surface area contributed by atoms with Gasteiger partial charge >= 0.3 is 5.97 Å². The van der Waals surface area contributed by atoms with Crippen LogP contribution in [-0.2, 0) is 18.7 Å². The number of ether oxygens (including phenoxy) is 2. The van der Waals surface area contributed by atoms with Crippen LogP contribution < -0.4 is 0 Å². The van der Waals surface area contributed by atoms with Crippen LogP contribution in [0.15, 0.2) is 24.5 Å². The Kier molecular flexibility index (Phi) is 7.57. The third-order valence-electron chi connectivity index (χ3n) is 1.48. The van der Waals surface area contributed by atoms with E-state index in [-0.39, 0.29) is 6.61 Å². The lowest BCUT2D eigenvalue weighted by molar-refractivity contribution is -0.137. The molecule has 98 valence electrons. The van der Waals surface area contributed by atoms with Crippen LogP contribution >= 0.6 is 0 Å². The predicted octanol–water partition coefficient (Wildman–Crippen LogP) is 2.49. The molecule has 17 heavy (non-hydrogen) atoms. The molecule has 0 atom stereocenters. The van der Waals surface area contributed by atoms with Gasteiger partial charge < -0.3 is 13.9 Å². The maximum absolute atomic E-state index is 11.3. The van der Waals surface area contributed by atoms with Crippen LogP contribution in [0.25, 0.3) is 0 Å². The average Bonchev–Trinajstić information content (AvgIpc) is 2.15. The van der Waals surface area contributed by atoms with Crippen molar-refractivity contribution in [2.45, 2.75) is 26.6 Å². The highest BCUT2D eigenvalue weighted by molar-refractivity contribution is 6.70. The molecule has 5 heteroatoms. The Labute approximate surface area is 104 Å².